The highest BCUT2D eigenvalue weighted by Crippen LogP contribution is 2.31. The second-order valence-electron chi connectivity index (χ2n) is 6.07. The van der Waals surface area contributed by atoms with Gasteiger partial charge in [-0.2, -0.15) is 0 Å². The van der Waals surface area contributed by atoms with Gasteiger partial charge in [0.05, 0.1) is 0 Å². The molecule has 0 saturated heterocycles. The molecule has 0 bridgehead atoms. The van der Waals surface area contributed by atoms with E-state index in [1.807, 2.05) is 45.9 Å². The Morgan fingerprint density at radius 2 is 1.65 bits per heavy atom. The van der Waals surface area contributed by atoms with Crippen LogP contribution in [-0.2, 0) is 4.79 Å². The third-order valence-corrected chi connectivity index (χ3v) is 3.70. The van der Waals surface area contributed by atoms with Gasteiger partial charge in [-0.05, 0) is 30.9 Å². The van der Waals surface area contributed by atoms with Crippen LogP contribution in [0.4, 0.5) is 10.5 Å². The number of aryl methyl sites for hydroxylation is 1. The number of benzene rings is 1. The summed E-state index contributed by atoms with van der Waals surface area (Å²) in [5, 5.41) is 14.1. The Morgan fingerprint density at radius 3 is 2.10 bits per heavy atom. The zero-order valence-electron chi connectivity index (χ0n) is 12.6. The van der Waals surface area contributed by atoms with Crippen molar-refractivity contribution in [3.05, 3.63) is 29.8 Å². The summed E-state index contributed by atoms with van der Waals surface area (Å²) in [7, 11) is 0. The molecular formula is C15H22N2O3. The van der Waals surface area contributed by atoms with Crippen LogP contribution in [0.25, 0.3) is 0 Å². The van der Waals surface area contributed by atoms with E-state index in [4.69, 9.17) is 5.11 Å². The Labute approximate surface area is 119 Å². The van der Waals surface area contributed by atoms with Crippen LogP contribution in [0.1, 0.15) is 33.3 Å². The first-order valence-electron chi connectivity index (χ1n) is 6.46. The lowest BCUT2D eigenvalue weighted by molar-refractivity contribution is -0.125. The standard InChI is InChI=1S/C15H22N2O3/c1-10-8-6-7-9-11(10)16-12(18)15(5,14(2,3)4)17-13(19)20/h6-9,17H,1-5H3,(H,16,18)(H,19,20). The van der Waals surface area contributed by atoms with Crippen LogP contribution in [0.2, 0.25) is 0 Å². The molecule has 0 aromatic heterocycles. The fourth-order valence-electron chi connectivity index (χ4n) is 1.76. The monoisotopic (exact) mass is 278 g/mol. The molecule has 5 heteroatoms. The Hall–Kier alpha value is -2.04. The first-order valence-corrected chi connectivity index (χ1v) is 6.46. The molecular weight excluding hydrogens is 256 g/mol. The Balaban J connectivity index is 3.07. The van der Waals surface area contributed by atoms with Crippen LogP contribution < -0.4 is 10.6 Å². The molecule has 3 N–H and O–H groups in total. The first-order chi connectivity index (χ1) is 9.08. The third-order valence-electron chi connectivity index (χ3n) is 3.70. The summed E-state index contributed by atoms with van der Waals surface area (Å²) in [5.74, 6) is -0.373. The van der Waals surface area contributed by atoms with Crippen molar-refractivity contribution >= 4 is 17.7 Å². The summed E-state index contributed by atoms with van der Waals surface area (Å²) in [6, 6.07) is 7.37. The van der Waals surface area contributed by atoms with E-state index < -0.39 is 17.0 Å². The van der Waals surface area contributed by atoms with Crippen molar-refractivity contribution in [3.8, 4) is 0 Å². The molecule has 1 aromatic carbocycles. The second-order valence-corrected chi connectivity index (χ2v) is 6.07. The predicted molar refractivity (Wildman–Crippen MR) is 78.8 cm³/mol. The van der Waals surface area contributed by atoms with E-state index in [1.165, 1.54) is 0 Å². The maximum absolute atomic E-state index is 12.5. The molecule has 0 radical (unpaired) electrons. The number of hydrogen-bond donors (Lipinski definition) is 3. The lowest BCUT2D eigenvalue weighted by Gasteiger charge is -2.40. The molecule has 110 valence electrons. The van der Waals surface area contributed by atoms with E-state index in [2.05, 4.69) is 10.6 Å². The topological polar surface area (TPSA) is 78.4 Å². The van der Waals surface area contributed by atoms with Crippen LogP contribution in [-0.4, -0.2) is 22.6 Å². The number of nitrogens with one attached hydrogen (secondary N) is 2. The van der Waals surface area contributed by atoms with E-state index in [-0.39, 0.29) is 5.91 Å². The van der Waals surface area contributed by atoms with E-state index in [9.17, 15) is 9.59 Å². The summed E-state index contributed by atoms with van der Waals surface area (Å²) in [5.41, 5.74) is -0.202. The highest BCUT2D eigenvalue weighted by atomic mass is 16.4. The van der Waals surface area contributed by atoms with E-state index in [0.29, 0.717) is 5.69 Å². The molecule has 1 atom stereocenters. The van der Waals surface area contributed by atoms with Crippen LogP contribution in [0.15, 0.2) is 24.3 Å². The van der Waals surface area contributed by atoms with E-state index >= 15 is 0 Å². The molecule has 2 amide bonds. The van der Waals surface area contributed by atoms with Crippen molar-refractivity contribution in [3.63, 3.8) is 0 Å². The smallest absolute Gasteiger partial charge is 0.405 e. The quantitative estimate of drug-likeness (QED) is 0.795. The summed E-state index contributed by atoms with van der Waals surface area (Å²) >= 11 is 0. The lowest BCUT2D eigenvalue weighted by atomic mass is 9.74. The zero-order chi connectivity index (χ0) is 15.6. The number of para-hydroxylation sites is 1. The zero-order valence-corrected chi connectivity index (χ0v) is 12.6. The normalized spacial score (nSPS) is 14.2. The fraction of sp³-hybridized carbons (Fsp3) is 0.467. The largest absolute Gasteiger partial charge is 0.465 e. The third kappa shape index (κ3) is 3.29. The fourth-order valence-corrected chi connectivity index (χ4v) is 1.76. The molecule has 5 nitrogen and oxygen atoms in total. The minimum absolute atomic E-state index is 0.373. The molecule has 1 unspecified atom stereocenters. The average molecular weight is 278 g/mol. The van der Waals surface area contributed by atoms with Crippen LogP contribution in [0.3, 0.4) is 0 Å². The molecule has 0 fully saturated rings. The predicted octanol–water partition coefficient (Wildman–Crippen LogP) is 3.01. The van der Waals surface area contributed by atoms with Crippen molar-refractivity contribution in [2.24, 2.45) is 5.41 Å². The molecule has 0 saturated carbocycles. The van der Waals surface area contributed by atoms with Crippen LogP contribution in [0, 0.1) is 12.3 Å². The van der Waals surface area contributed by atoms with Gasteiger partial charge in [0.15, 0.2) is 0 Å². The van der Waals surface area contributed by atoms with Crippen LogP contribution >= 0.6 is 0 Å². The van der Waals surface area contributed by atoms with E-state index in [1.54, 1.807) is 13.0 Å². The minimum atomic E-state index is -1.24. The molecule has 0 aliphatic carbocycles. The molecule has 0 heterocycles. The minimum Gasteiger partial charge on any atom is -0.465 e. The maximum Gasteiger partial charge on any atom is 0.405 e. The molecule has 0 aliphatic rings. The van der Waals surface area contributed by atoms with Crippen molar-refractivity contribution in [1.82, 2.24) is 5.32 Å². The highest BCUT2D eigenvalue weighted by molar-refractivity contribution is 6.00. The molecule has 1 rings (SSSR count). The molecule has 0 spiro atoms. The van der Waals surface area contributed by atoms with Crippen molar-refractivity contribution in [1.29, 1.82) is 0 Å². The molecule has 1 aromatic rings. The van der Waals surface area contributed by atoms with Gasteiger partial charge in [0, 0.05) is 5.69 Å². The first kappa shape index (κ1) is 16.0. The number of rotatable bonds is 3. The van der Waals surface area contributed by atoms with Crippen molar-refractivity contribution in [2.75, 3.05) is 5.32 Å². The number of hydrogen-bond acceptors (Lipinski definition) is 2. The average Bonchev–Trinajstić information content (AvgIpc) is 2.29. The SMILES string of the molecule is Cc1ccccc1NC(=O)C(C)(NC(=O)O)C(C)(C)C. The Kier molecular flexibility index (Phi) is 4.43. The maximum atomic E-state index is 12.5. The van der Waals surface area contributed by atoms with Gasteiger partial charge >= 0.3 is 6.09 Å². The highest BCUT2D eigenvalue weighted by Gasteiger charge is 2.45. The number of amides is 2. The van der Waals surface area contributed by atoms with Gasteiger partial charge in [-0.25, -0.2) is 4.79 Å². The van der Waals surface area contributed by atoms with Gasteiger partial charge in [-0.15, -0.1) is 0 Å². The van der Waals surface area contributed by atoms with Crippen molar-refractivity contribution < 1.29 is 14.7 Å². The number of carbonyl (C=O) groups is 2. The van der Waals surface area contributed by atoms with Crippen molar-refractivity contribution in [2.45, 2.75) is 40.2 Å². The number of carboxylic acid groups (broad SMARTS) is 1. The van der Waals surface area contributed by atoms with Gasteiger partial charge in [-0.1, -0.05) is 39.0 Å². The summed E-state index contributed by atoms with van der Waals surface area (Å²) < 4.78 is 0. The number of carbonyl (C=O) groups excluding carboxylic acids is 1. The molecule has 0 aliphatic heterocycles. The van der Waals surface area contributed by atoms with Gasteiger partial charge in [-0.3, -0.25) is 4.79 Å². The molecule has 20 heavy (non-hydrogen) atoms. The number of anilines is 1. The van der Waals surface area contributed by atoms with Gasteiger partial charge in [0.1, 0.15) is 5.54 Å². The van der Waals surface area contributed by atoms with E-state index in [0.717, 1.165) is 5.56 Å². The summed E-state index contributed by atoms with van der Waals surface area (Å²) in [6.45, 7) is 8.94. The van der Waals surface area contributed by atoms with Crippen LogP contribution in [0.5, 0.6) is 0 Å². The van der Waals surface area contributed by atoms with Gasteiger partial charge in [0.2, 0.25) is 0 Å². The second kappa shape index (κ2) is 5.53. The Bertz CT molecular complexity index is 520. The summed E-state index contributed by atoms with van der Waals surface area (Å²) in [4.78, 5) is 23.5. The Morgan fingerprint density at radius 1 is 1.10 bits per heavy atom. The van der Waals surface area contributed by atoms with Gasteiger partial charge in [0.25, 0.3) is 5.91 Å². The van der Waals surface area contributed by atoms with Gasteiger partial charge < -0.3 is 15.7 Å². The lowest BCUT2D eigenvalue weighted by Crippen LogP contribution is -2.62. The summed E-state index contributed by atoms with van der Waals surface area (Å²) in [6.07, 6.45) is -1.22.